The molecule has 3 rings (SSSR count). The number of rotatable bonds is 8. The van der Waals surface area contributed by atoms with Gasteiger partial charge in [-0.1, -0.05) is 41.1 Å². The molecule has 0 aliphatic rings. The minimum atomic E-state index is -0.137. The fourth-order valence-electron chi connectivity index (χ4n) is 2.64. The number of ether oxygens (including phenoxy) is 1. The van der Waals surface area contributed by atoms with Gasteiger partial charge < -0.3 is 14.6 Å². The summed E-state index contributed by atoms with van der Waals surface area (Å²) in [6.07, 6.45) is 3.41. The zero-order valence-corrected chi connectivity index (χ0v) is 16.0. The van der Waals surface area contributed by atoms with Crippen molar-refractivity contribution in [3.8, 4) is 5.75 Å². The quantitative estimate of drug-likeness (QED) is 0.586. The molecular formula is C22H23N3O3. The normalized spacial score (nSPS) is 11.3. The Morgan fingerprint density at radius 3 is 2.57 bits per heavy atom. The van der Waals surface area contributed by atoms with Crippen LogP contribution in [0.1, 0.15) is 30.6 Å². The van der Waals surface area contributed by atoms with Crippen LogP contribution in [0, 0.1) is 6.92 Å². The highest BCUT2D eigenvalue weighted by Gasteiger charge is 2.04. The third kappa shape index (κ3) is 6.09. The summed E-state index contributed by atoms with van der Waals surface area (Å²) in [5.41, 5.74) is 3.01. The highest BCUT2D eigenvalue weighted by Crippen LogP contribution is 2.17. The number of carbonyl (C=O) groups is 1. The van der Waals surface area contributed by atoms with Gasteiger partial charge in [0, 0.05) is 18.7 Å². The number of carbonyl (C=O) groups excluding carboxylic acids is 1. The SMILES string of the molecule is C/C(=C\C(=O)Nc1ccc(OCc2noc(C)n2)cc1)CCc1ccccc1. The van der Waals surface area contributed by atoms with Crippen molar-refractivity contribution >= 4 is 11.6 Å². The molecule has 0 atom stereocenters. The average Bonchev–Trinajstić information content (AvgIpc) is 3.12. The molecule has 0 bridgehead atoms. The molecule has 6 nitrogen and oxygen atoms in total. The second kappa shape index (κ2) is 9.50. The Hall–Kier alpha value is -3.41. The van der Waals surface area contributed by atoms with Crippen molar-refractivity contribution in [2.75, 3.05) is 5.32 Å². The van der Waals surface area contributed by atoms with Gasteiger partial charge in [0.25, 0.3) is 0 Å². The van der Waals surface area contributed by atoms with Crippen LogP contribution < -0.4 is 10.1 Å². The van der Waals surface area contributed by atoms with Crippen molar-refractivity contribution in [3.05, 3.63) is 83.5 Å². The van der Waals surface area contributed by atoms with Gasteiger partial charge in [0.15, 0.2) is 6.61 Å². The number of nitrogens with one attached hydrogen (secondary N) is 1. The fourth-order valence-corrected chi connectivity index (χ4v) is 2.64. The van der Waals surface area contributed by atoms with Crippen molar-refractivity contribution in [1.82, 2.24) is 10.1 Å². The van der Waals surface area contributed by atoms with Gasteiger partial charge in [0.1, 0.15) is 5.75 Å². The molecule has 0 spiro atoms. The molecular weight excluding hydrogens is 354 g/mol. The summed E-state index contributed by atoms with van der Waals surface area (Å²) in [4.78, 5) is 16.3. The lowest BCUT2D eigenvalue weighted by molar-refractivity contribution is -0.112. The summed E-state index contributed by atoms with van der Waals surface area (Å²) < 4.78 is 10.5. The topological polar surface area (TPSA) is 77.2 Å². The van der Waals surface area contributed by atoms with E-state index in [1.807, 2.05) is 25.1 Å². The van der Waals surface area contributed by atoms with E-state index in [-0.39, 0.29) is 12.5 Å². The zero-order chi connectivity index (χ0) is 19.8. The van der Waals surface area contributed by atoms with E-state index in [0.717, 1.165) is 18.4 Å². The fraction of sp³-hybridized carbons (Fsp3) is 0.227. The van der Waals surface area contributed by atoms with Gasteiger partial charge in [-0.05, 0) is 49.6 Å². The first-order valence-corrected chi connectivity index (χ1v) is 9.12. The van der Waals surface area contributed by atoms with Gasteiger partial charge in [-0.25, -0.2) is 0 Å². The first kappa shape index (κ1) is 19.4. The summed E-state index contributed by atoms with van der Waals surface area (Å²) in [5, 5.41) is 6.64. The molecule has 144 valence electrons. The van der Waals surface area contributed by atoms with Crippen LogP contribution in [0.15, 0.2) is 70.8 Å². The van der Waals surface area contributed by atoms with E-state index >= 15 is 0 Å². The van der Waals surface area contributed by atoms with E-state index in [1.54, 1.807) is 37.3 Å². The molecule has 0 aliphatic carbocycles. The third-order valence-electron chi connectivity index (χ3n) is 4.09. The average molecular weight is 377 g/mol. The molecule has 1 N–H and O–H groups in total. The van der Waals surface area contributed by atoms with Crippen LogP contribution in [-0.2, 0) is 17.8 Å². The number of benzene rings is 2. The van der Waals surface area contributed by atoms with Gasteiger partial charge in [-0.3, -0.25) is 4.79 Å². The molecule has 1 amide bonds. The second-order valence-electron chi connectivity index (χ2n) is 6.51. The van der Waals surface area contributed by atoms with Crippen LogP contribution in [0.3, 0.4) is 0 Å². The maximum Gasteiger partial charge on any atom is 0.248 e. The van der Waals surface area contributed by atoms with Crippen LogP contribution in [-0.4, -0.2) is 16.0 Å². The molecule has 0 aliphatic heterocycles. The Morgan fingerprint density at radius 2 is 1.89 bits per heavy atom. The maximum atomic E-state index is 12.2. The molecule has 28 heavy (non-hydrogen) atoms. The molecule has 1 heterocycles. The standard InChI is InChI=1S/C22H23N3O3/c1-16(8-9-18-6-4-3-5-7-18)14-22(26)24-19-10-12-20(13-11-19)27-15-21-23-17(2)28-25-21/h3-7,10-14H,8-9,15H2,1-2H3,(H,24,26)/b16-14+. The smallest absolute Gasteiger partial charge is 0.248 e. The molecule has 0 saturated heterocycles. The number of nitrogens with zero attached hydrogens (tertiary/aromatic N) is 2. The van der Waals surface area contributed by atoms with Crippen LogP contribution in [0.4, 0.5) is 5.69 Å². The highest BCUT2D eigenvalue weighted by molar-refractivity contribution is 5.99. The summed E-state index contributed by atoms with van der Waals surface area (Å²) in [7, 11) is 0. The predicted octanol–water partition coefficient (Wildman–Crippen LogP) is 4.47. The van der Waals surface area contributed by atoms with Gasteiger partial charge in [-0.15, -0.1) is 0 Å². The second-order valence-corrected chi connectivity index (χ2v) is 6.51. The van der Waals surface area contributed by atoms with Crippen molar-refractivity contribution in [2.24, 2.45) is 0 Å². The largest absolute Gasteiger partial charge is 0.485 e. The lowest BCUT2D eigenvalue weighted by Gasteiger charge is -2.07. The minimum Gasteiger partial charge on any atom is -0.485 e. The Bertz CT molecular complexity index is 931. The van der Waals surface area contributed by atoms with Gasteiger partial charge in [0.05, 0.1) is 0 Å². The summed E-state index contributed by atoms with van der Waals surface area (Å²) >= 11 is 0. The summed E-state index contributed by atoms with van der Waals surface area (Å²) in [5.74, 6) is 1.52. The van der Waals surface area contributed by atoms with Crippen LogP contribution in [0.25, 0.3) is 0 Å². The summed E-state index contributed by atoms with van der Waals surface area (Å²) in [6, 6.07) is 17.4. The Kier molecular flexibility index (Phi) is 6.57. The lowest BCUT2D eigenvalue weighted by Crippen LogP contribution is -2.08. The maximum absolute atomic E-state index is 12.2. The van der Waals surface area contributed by atoms with Gasteiger partial charge >= 0.3 is 0 Å². The first-order valence-electron chi connectivity index (χ1n) is 9.12. The Labute approximate surface area is 164 Å². The van der Waals surface area contributed by atoms with Crippen LogP contribution in [0.5, 0.6) is 5.75 Å². The molecule has 0 radical (unpaired) electrons. The van der Waals surface area contributed by atoms with E-state index in [0.29, 0.717) is 23.2 Å². The monoisotopic (exact) mass is 377 g/mol. The van der Waals surface area contributed by atoms with Gasteiger partial charge in [0.2, 0.25) is 17.6 Å². The number of aromatic nitrogens is 2. The van der Waals surface area contributed by atoms with Crippen LogP contribution >= 0.6 is 0 Å². The Balaban J connectivity index is 1.46. The van der Waals surface area contributed by atoms with Crippen molar-refractivity contribution in [2.45, 2.75) is 33.3 Å². The number of allylic oxidation sites excluding steroid dienone is 1. The van der Waals surface area contributed by atoms with Crippen molar-refractivity contribution in [1.29, 1.82) is 0 Å². The molecule has 1 aromatic heterocycles. The Morgan fingerprint density at radius 1 is 1.14 bits per heavy atom. The van der Waals surface area contributed by atoms with E-state index in [2.05, 4.69) is 27.6 Å². The molecule has 0 saturated carbocycles. The minimum absolute atomic E-state index is 0.137. The van der Waals surface area contributed by atoms with Crippen molar-refractivity contribution < 1.29 is 14.1 Å². The molecule has 0 fully saturated rings. The zero-order valence-electron chi connectivity index (χ0n) is 16.0. The first-order chi connectivity index (χ1) is 13.6. The summed E-state index contributed by atoms with van der Waals surface area (Å²) in [6.45, 7) is 3.93. The molecule has 3 aromatic rings. The molecule has 2 aromatic carbocycles. The van der Waals surface area contributed by atoms with E-state index < -0.39 is 0 Å². The third-order valence-corrected chi connectivity index (χ3v) is 4.09. The number of aryl methyl sites for hydroxylation is 2. The number of amides is 1. The highest BCUT2D eigenvalue weighted by atomic mass is 16.5. The van der Waals surface area contributed by atoms with Gasteiger partial charge in [-0.2, -0.15) is 4.98 Å². The van der Waals surface area contributed by atoms with Crippen LogP contribution in [0.2, 0.25) is 0 Å². The lowest BCUT2D eigenvalue weighted by atomic mass is 10.1. The molecule has 0 unspecified atom stereocenters. The van der Waals surface area contributed by atoms with Crippen molar-refractivity contribution in [3.63, 3.8) is 0 Å². The number of hydrogen-bond donors (Lipinski definition) is 1. The molecule has 6 heteroatoms. The van der Waals surface area contributed by atoms with E-state index in [4.69, 9.17) is 9.26 Å². The van der Waals surface area contributed by atoms with E-state index in [1.165, 1.54) is 5.56 Å². The predicted molar refractivity (Wildman–Crippen MR) is 107 cm³/mol. The number of anilines is 1. The van der Waals surface area contributed by atoms with E-state index in [9.17, 15) is 4.79 Å². The number of hydrogen-bond acceptors (Lipinski definition) is 5.